The Morgan fingerprint density at radius 3 is 2.68 bits per heavy atom. The van der Waals surface area contributed by atoms with Gasteiger partial charge in [0.15, 0.2) is 11.5 Å². The van der Waals surface area contributed by atoms with Gasteiger partial charge < -0.3 is 20.7 Å². The van der Waals surface area contributed by atoms with Crippen molar-refractivity contribution in [3.63, 3.8) is 0 Å². The first-order chi connectivity index (χ1) is 13.0. The normalized spacial score (nSPS) is 52.5. The zero-order valence-electron chi connectivity index (χ0n) is 16.7. The van der Waals surface area contributed by atoms with Gasteiger partial charge in [-0.15, -0.1) is 0 Å². The molecule has 5 nitrogen and oxygen atoms in total. The number of carbonyl (C=O) groups excluding carboxylic acids is 1. The highest BCUT2D eigenvalue weighted by Crippen LogP contribution is 2.70. The van der Waals surface area contributed by atoms with E-state index in [1.54, 1.807) is 39.0 Å². The van der Waals surface area contributed by atoms with E-state index in [9.17, 15) is 20.1 Å². The Labute approximate surface area is 164 Å². The molecule has 0 aromatic carbocycles. The molecule has 8 atom stereocenters. The number of alkyl halides is 1. The van der Waals surface area contributed by atoms with Gasteiger partial charge in [0.25, 0.3) is 0 Å². The lowest BCUT2D eigenvalue weighted by molar-refractivity contribution is -0.219. The minimum atomic E-state index is -1.92. The van der Waals surface area contributed by atoms with Crippen LogP contribution in [0.2, 0.25) is 0 Å². The summed E-state index contributed by atoms with van der Waals surface area (Å²) in [6.45, 7) is 4.59. The van der Waals surface area contributed by atoms with Crippen molar-refractivity contribution >= 4 is 11.5 Å². The lowest BCUT2D eigenvalue weighted by Crippen LogP contribution is -2.69. The molecule has 0 radical (unpaired) electrons. The molecule has 0 aliphatic heterocycles. The van der Waals surface area contributed by atoms with Crippen LogP contribution in [-0.4, -0.2) is 50.8 Å². The van der Waals surface area contributed by atoms with Crippen molar-refractivity contribution in [2.45, 2.75) is 63.8 Å². The van der Waals surface area contributed by atoms with Gasteiger partial charge in [-0.2, -0.15) is 0 Å². The van der Waals surface area contributed by atoms with Crippen LogP contribution in [0.25, 0.3) is 0 Å². The van der Waals surface area contributed by atoms with E-state index in [1.807, 2.05) is 0 Å². The maximum absolute atomic E-state index is 16.9. The molecule has 4 aliphatic rings. The third-order valence-corrected chi connectivity index (χ3v) is 8.82. The Bertz CT molecular complexity index is 808. The van der Waals surface area contributed by atoms with Gasteiger partial charge in [-0.05, 0) is 56.6 Å². The van der Waals surface area contributed by atoms with Gasteiger partial charge in [0.2, 0.25) is 0 Å². The average molecular weight is 391 g/mol. The monoisotopic (exact) mass is 391 g/mol. The topological polar surface area (TPSA) is 102 Å². The number of fused-ring (bicyclic) bond motifs is 5. The van der Waals surface area contributed by atoms with Gasteiger partial charge in [-0.1, -0.05) is 25.5 Å². The van der Waals surface area contributed by atoms with E-state index in [-0.39, 0.29) is 12.3 Å². The second-order valence-corrected chi connectivity index (χ2v) is 9.80. The molecule has 28 heavy (non-hydrogen) atoms. The van der Waals surface area contributed by atoms with Crippen molar-refractivity contribution < 1.29 is 24.5 Å². The number of allylic oxidation sites excluding steroid dienone is 4. The van der Waals surface area contributed by atoms with Crippen LogP contribution in [0.15, 0.2) is 23.8 Å². The Balaban J connectivity index is 1.84. The van der Waals surface area contributed by atoms with Gasteiger partial charge in [-0.25, -0.2) is 4.39 Å². The van der Waals surface area contributed by atoms with E-state index in [2.05, 4.69) is 0 Å². The van der Waals surface area contributed by atoms with Gasteiger partial charge >= 0.3 is 0 Å². The van der Waals surface area contributed by atoms with Gasteiger partial charge in [0.1, 0.15) is 12.2 Å². The molecular weight excluding hydrogens is 361 g/mol. The Hall–Kier alpha value is -1.37. The molecule has 0 spiro atoms. The summed E-state index contributed by atoms with van der Waals surface area (Å²) in [4.78, 5) is 12.6. The first-order valence-electron chi connectivity index (χ1n) is 10.2. The van der Waals surface area contributed by atoms with E-state index in [0.717, 1.165) is 5.57 Å². The molecule has 3 saturated carbocycles. The van der Waals surface area contributed by atoms with Crippen LogP contribution in [0, 0.1) is 34.0 Å². The summed E-state index contributed by atoms with van der Waals surface area (Å²) in [5.41, 5.74) is -4.53. The number of hydrogen-bond donors (Lipinski definition) is 4. The molecule has 4 N–H and O–H groups in total. The minimum Gasteiger partial charge on any atom is -0.390 e. The van der Waals surface area contributed by atoms with E-state index >= 15 is 4.39 Å². The number of rotatable bonds is 2. The number of Topliss-reactive ketones (excluding diaryl/α,β-unsaturated/α-hetero) is 1. The van der Waals surface area contributed by atoms with Gasteiger partial charge in [0, 0.05) is 16.7 Å². The standard InChI is InChI=1S/C22H30FNO4/c1-12-8-16-15-5-4-13-9-14(24)6-7-19(13,2)21(15,23)17(26)10-20(16,3)22(12,28)18(27)11-25/h6-7,9,12,15-17,24-26,28H,4-5,8,10-11H2,1-3H3/t12-,15?,16+,17?,19?,20?,21+,22+/m1/s1. The minimum absolute atomic E-state index is 0.0363. The third kappa shape index (κ3) is 2.01. The fourth-order valence-corrected chi connectivity index (χ4v) is 7.28. The Morgan fingerprint density at radius 2 is 2.04 bits per heavy atom. The molecule has 6 heteroatoms. The number of aliphatic hydroxyl groups is 3. The van der Waals surface area contributed by atoms with Crippen molar-refractivity contribution in [2.75, 3.05) is 6.61 Å². The van der Waals surface area contributed by atoms with Crippen LogP contribution in [0.1, 0.15) is 46.5 Å². The van der Waals surface area contributed by atoms with Gasteiger partial charge in [0.05, 0.1) is 11.8 Å². The zero-order valence-corrected chi connectivity index (χ0v) is 16.7. The summed E-state index contributed by atoms with van der Waals surface area (Å²) in [5, 5.41) is 39.9. The maximum Gasteiger partial charge on any atom is 0.190 e. The van der Waals surface area contributed by atoms with Crippen molar-refractivity contribution in [3.8, 4) is 0 Å². The molecular formula is C22H30FNO4. The molecule has 4 aliphatic carbocycles. The molecule has 0 bridgehead atoms. The van der Waals surface area contributed by atoms with E-state index in [0.29, 0.717) is 25.0 Å². The van der Waals surface area contributed by atoms with Crippen LogP contribution < -0.4 is 0 Å². The lowest BCUT2D eigenvalue weighted by atomic mass is 9.44. The molecule has 0 saturated heterocycles. The third-order valence-electron chi connectivity index (χ3n) is 8.82. The highest BCUT2D eigenvalue weighted by Gasteiger charge is 2.75. The Kier molecular flexibility index (Phi) is 4.15. The van der Waals surface area contributed by atoms with Crippen LogP contribution >= 0.6 is 0 Å². The van der Waals surface area contributed by atoms with E-state index in [1.165, 1.54) is 0 Å². The van der Waals surface area contributed by atoms with Crippen molar-refractivity contribution in [1.82, 2.24) is 0 Å². The summed E-state index contributed by atoms with van der Waals surface area (Å²) < 4.78 is 16.9. The smallest absolute Gasteiger partial charge is 0.190 e. The molecule has 4 rings (SSSR count). The number of ketones is 1. The molecule has 0 aromatic heterocycles. The molecule has 154 valence electrons. The number of halogens is 1. The van der Waals surface area contributed by atoms with Crippen LogP contribution in [0.3, 0.4) is 0 Å². The quantitative estimate of drug-likeness (QED) is 0.580. The van der Waals surface area contributed by atoms with Crippen LogP contribution in [0.4, 0.5) is 4.39 Å². The van der Waals surface area contributed by atoms with Crippen molar-refractivity contribution in [3.05, 3.63) is 23.8 Å². The Morgan fingerprint density at radius 1 is 1.36 bits per heavy atom. The first-order valence-corrected chi connectivity index (χ1v) is 10.2. The molecule has 0 heterocycles. The zero-order chi connectivity index (χ0) is 20.7. The molecule has 0 aromatic rings. The predicted molar refractivity (Wildman–Crippen MR) is 103 cm³/mol. The van der Waals surface area contributed by atoms with Crippen LogP contribution in [-0.2, 0) is 4.79 Å². The lowest BCUT2D eigenvalue weighted by Gasteiger charge is -2.62. The molecule has 4 unspecified atom stereocenters. The second-order valence-electron chi connectivity index (χ2n) is 9.80. The summed E-state index contributed by atoms with van der Waals surface area (Å²) >= 11 is 0. The average Bonchev–Trinajstić information content (AvgIpc) is 2.84. The number of aliphatic hydroxyl groups excluding tert-OH is 2. The maximum atomic E-state index is 16.9. The summed E-state index contributed by atoms with van der Waals surface area (Å²) in [6.07, 6.45) is 5.24. The summed E-state index contributed by atoms with van der Waals surface area (Å²) in [7, 11) is 0. The summed E-state index contributed by atoms with van der Waals surface area (Å²) in [6, 6.07) is 0. The van der Waals surface area contributed by atoms with Crippen molar-refractivity contribution in [2.24, 2.45) is 28.6 Å². The van der Waals surface area contributed by atoms with Gasteiger partial charge in [-0.3, -0.25) is 4.79 Å². The van der Waals surface area contributed by atoms with Crippen molar-refractivity contribution in [1.29, 1.82) is 5.41 Å². The number of hydrogen-bond acceptors (Lipinski definition) is 5. The second kappa shape index (κ2) is 5.83. The highest BCUT2D eigenvalue weighted by atomic mass is 19.1. The number of nitrogens with one attached hydrogen (secondary N) is 1. The van der Waals surface area contributed by atoms with E-state index < -0.39 is 52.4 Å². The first kappa shape index (κ1) is 19.9. The highest BCUT2D eigenvalue weighted by molar-refractivity contribution is 6.03. The van der Waals surface area contributed by atoms with E-state index in [4.69, 9.17) is 5.41 Å². The van der Waals surface area contributed by atoms with Crippen LogP contribution in [0.5, 0.6) is 0 Å². The fourth-order valence-electron chi connectivity index (χ4n) is 7.28. The fraction of sp³-hybridized carbons (Fsp3) is 0.727. The largest absolute Gasteiger partial charge is 0.390 e. The molecule has 0 amide bonds. The number of carbonyl (C=O) groups is 1. The molecule has 3 fully saturated rings. The summed E-state index contributed by atoms with van der Waals surface area (Å²) in [5.74, 6) is -1.85. The SMILES string of the molecule is C[C@@H]1C[C@H]2C3CCC4=CC(=N)C=CC4(C)[C@@]3(F)C(O)CC2(C)[C@@]1(O)C(=O)CO. The predicted octanol–water partition coefficient (Wildman–Crippen LogP) is 2.35.